The van der Waals surface area contributed by atoms with E-state index in [4.69, 9.17) is 4.74 Å². The van der Waals surface area contributed by atoms with Gasteiger partial charge >= 0.3 is 0 Å². The van der Waals surface area contributed by atoms with E-state index in [2.05, 4.69) is 10.3 Å². The Morgan fingerprint density at radius 3 is 2.64 bits per heavy atom. The van der Waals surface area contributed by atoms with E-state index in [1.54, 1.807) is 12.3 Å². The van der Waals surface area contributed by atoms with Crippen molar-refractivity contribution >= 4 is 17.6 Å². The Labute approximate surface area is 146 Å². The second-order valence-electron chi connectivity index (χ2n) is 6.70. The topological polar surface area (TPSA) is 88.6 Å². The largest absolute Gasteiger partial charge is 0.474 e. The summed E-state index contributed by atoms with van der Waals surface area (Å²) in [7, 11) is 1.52. The maximum atomic E-state index is 12.1. The lowest BCUT2D eigenvalue weighted by molar-refractivity contribution is -0.142. The molecule has 25 heavy (non-hydrogen) atoms. The number of likely N-dealkylation sites (tertiary alicyclic amines) is 1. The van der Waals surface area contributed by atoms with Crippen LogP contribution < -0.4 is 10.1 Å². The number of Topliss-reactive ketones (excluding diaryl/α,β-unsaturated/α-hetero) is 1. The molecule has 1 unspecified atom stereocenters. The van der Waals surface area contributed by atoms with Gasteiger partial charge in [0.1, 0.15) is 12.0 Å². The minimum Gasteiger partial charge on any atom is -0.474 e. The van der Waals surface area contributed by atoms with E-state index in [1.807, 2.05) is 6.07 Å². The molecule has 0 aromatic carbocycles. The molecule has 0 radical (unpaired) electrons. The van der Waals surface area contributed by atoms with Crippen molar-refractivity contribution in [3.63, 3.8) is 0 Å². The van der Waals surface area contributed by atoms with Gasteiger partial charge in [-0.3, -0.25) is 14.4 Å². The van der Waals surface area contributed by atoms with Crippen molar-refractivity contribution < 1.29 is 19.1 Å². The molecule has 0 spiro atoms. The third-order valence-corrected chi connectivity index (χ3v) is 4.75. The van der Waals surface area contributed by atoms with Crippen molar-refractivity contribution in [3.05, 3.63) is 23.9 Å². The van der Waals surface area contributed by atoms with E-state index in [0.717, 1.165) is 18.4 Å². The van der Waals surface area contributed by atoms with E-state index in [9.17, 15) is 14.4 Å². The van der Waals surface area contributed by atoms with E-state index in [0.29, 0.717) is 5.88 Å². The zero-order chi connectivity index (χ0) is 17.8. The molecule has 1 aliphatic carbocycles. The van der Waals surface area contributed by atoms with Crippen LogP contribution in [0.5, 0.6) is 5.88 Å². The first-order valence-corrected chi connectivity index (χ1v) is 8.73. The molecule has 1 aromatic rings. The Morgan fingerprint density at radius 2 is 2.04 bits per heavy atom. The number of nitrogens with one attached hydrogen (secondary N) is 1. The quantitative estimate of drug-likeness (QED) is 0.637. The molecule has 134 valence electrons. The number of likely N-dealkylation sites (N-methyl/N-ethyl adjacent to an activating group) is 1. The molecule has 1 N–H and O–H groups in total. The van der Waals surface area contributed by atoms with Crippen molar-refractivity contribution in [2.45, 2.75) is 44.8 Å². The summed E-state index contributed by atoms with van der Waals surface area (Å²) in [5, 5.41) is 2.69. The molecule has 2 fully saturated rings. The van der Waals surface area contributed by atoms with Crippen LogP contribution in [0.1, 0.15) is 37.7 Å². The number of hydrogen-bond acceptors (Lipinski definition) is 5. The third-order valence-electron chi connectivity index (χ3n) is 4.75. The number of ether oxygens (including phenoxy) is 1. The summed E-state index contributed by atoms with van der Waals surface area (Å²) in [6.45, 7) is 0.396. The predicted octanol–water partition coefficient (Wildman–Crippen LogP) is 1.07. The molecule has 7 heteroatoms. The Bertz CT molecular complexity index is 653. The van der Waals surface area contributed by atoms with E-state index in [-0.39, 0.29) is 19.2 Å². The number of ketones is 1. The van der Waals surface area contributed by atoms with Gasteiger partial charge in [-0.1, -0.05) is 12.5 Å². The van der Waals surface area contributed by atoms with Crippen LogP contribution in [0.25, 0.3) is 0 Å². The molecule has 1 saturated carbocycles. The number of hydrogen-bond donors (Lipinski definition) is 1. The SMILES string of the molecule is CN1CC(C(=O)NCc2ccc(OC3CCCCC3)nc2)C(=O)C1=O. The number of rotatable bonds is 5. The molecule has 2 heterocycles. The molecule has 7 nitrogen and oxygen atoms in total. The summed E-state index contributed by atoms with van der Waals surface area (Å²) in [5.74, 6) is -2.00. The van der Waals surface area contributed by atoms with Crippen LogP contribution in [-0.2, 0) is 20.9 Å². The van der Waals surface area contributed by atoms with Crippen molar-refractivity contribution in [1.82, 2.24) is 15.2 Å². The maximum absolute atomic E-state index is 12.1. The third kappa shape index (κ3) is 4.15. The first-order valence-electron chi connectivity index (χ1n) is 8.73. The molecule has 1 saturated heterocycles. The Balaban J connectivity index is 1.49. The molecule has 1 atom stereocenters. The van der Waals surface area contributed by atoms with E-state index in [1.165, 1.54) is 31.2 Å². The average Bonchev–Trinajstić information content (AvgIpc) is 2.89. The number of nitrogens with zero attached hydrogens (tertiary/aromatic N) is 2. The summed E-state index contributed by atoms with van der Waals surface area (Å²) in [5.41, 5.74) is 0.814. The van der Waals surface area contributed by atoms with Gasteiger partial charge in [-0.25, -0.2) is 4.98 Å². The molecule has 1 aromatic heterocycles. The fourth-order valence-electron chi connectivity index (χ4n) is 3.23. The van der Waals surface area contributed by atoms with Gasteiger partial charge in [0, 0.05) is 32.4 Å². The lowest BCUT2D eigenvalue weighted by Crippen LogP contribution is -2.35. The summed E-state index contributed by atoms with van der Waals surface area (Å²) < 4.78 is 5.87. The van der Waals surface area contributed by atoms with Crippen molar-refractivity contribution in [1.29, 1.82) is 0 Å². The Hall–Kier alpha value is -2.44. The van der Waals surface area contributed by atoms with Gasteiger partial charge in [-0.05, 0) is 31.2 Å². The second-order valence-corrected chi connectivity index (χ2v) is 6.70. The number of aromatic nitrogens is 1. The second kappa shape index (κ2) is 7.63. The van der Waals surface area contributed by atoms with Crippen LogP contribution in [0.4, 0.5) is 0 Å². The van der Waals surface area contributed by atoms with Crippen LogP contribution in [0, 0.1) is 5.92 Å². The molecule has 2 amide bonds. The van der Waals surface area contributed by atoms with Crippen molar-refractivity contribution in [2.75, 3.05) is 13.6 Å². The minimum atomic E-state index is -0.917. The highest BCUT2D eigenvalue weighted by atomic mass is 16.5. The summed E-state index contributed by atoms with van der Waals surface area (Å²) in [6.07, 6.45) is 7.72. The molecular formula is C18H23N3O4. The van der Waals surface area contributed by atoms with Gasteiger partial charge in [-0.2, -0.15) is 0 Å². The highest BCUT2D eigenvalue weighted by Crippen LogP contribution is 2.22. The van der Waals surface area contributed by atoms with E-state index >= 15 is 0 Å². The first-order chi connectivity index (χ1) is 12.0. The van der Waals surface area contributed by atoms with Crippen molar-refractivity contribution in [2.24, 2.45) is 5.92 Å². The molecule has 1 aliphatic heterocycles. The molecule has 3 rings (SSSR count). The van der Waals surface area contributed by atoms with Crippen LogP contribution in [0.3, 0.4) is 0 Å². The fourth-order valence-corrected chi connectivity index (χ4v) is 3.23. The van der Waals surface area contributed by atoms with Crippen molar-refractivity contribution in [3.8, 4) is 5.88 Å². The number of carbonyl (C=O) groups is 3. The lowest BCUT2D eigenvalue weighted by atomic mass is 9.98. The molecule has 2 aliphatic rings. The number of carbonyl (C=O) groups excluding carboxylic acids is 3. The van der Waals surface area contributed by atoms with Crippen LogP contribution >= 0.6 is 0 Å². The van der Waals surface area contributed by atoms with E-state index < -0.39 is 23.5 Å². The number of pyridine rings is 1. The fraction of sp³-hybridized carbons (Fsp3) is 0.556. The average molecular weight is 345 g/mol. The highest BCUT2D eigenvalue weighted by Gasteiger charge is 2.41. The monoisotopic (exact) mass is 345 g/mol. The zero-order valence-corrected chi connectivity index (χ0v) is 14.4. The van der Waals surface area contributed by atoms with Gasteiger partial charge in [0.15, 0.2) is 0 Å². The zero-order valence-electron chi connectivity index (χ0n) is 14.4. The molecule has 0 bridgehead atoms. The van der Waals surface area contributed by atoms with Gasteiger partial charge < -0.3 is 15.0 Å². The first kappa shape index (κ1) is 17.4. The summed E-state index contributed by atoms with van der Waals surface area (Å²) >= 11 is 0. The predicted molar refractivity (Wildman–Crippen MR) is 89.7 cm³/mol. The minimum absolute atomic E-state index is 0.135. The maximum Gasteiger partial charge on any atom is 0.290 e. The van der Waals surface area contributed by atoms with Crippen LogP contribution in [-0.4, -0.2) is 47.2 Å². The highest BCUT2D eigenvalue weighted by molar-refractivity contribution is 6.42. The smallest absolute Gasteiger partial charge is 0.290 e. The normalized spacial score (nSPS) is 21.5. The Kier molecular flexibility index (Phi) is 5.31. The summed E-state index contributed by atoms with van der Waals surface area (Å²) in [6, 6.07) is 3.65. The Morgan fingerprint density at radius 1 is 1.28 bits per heavy atom. The lowest BCUT2D eigenvalue weighted by Gasteiger charge is -2.22. The van der Waals surface area contributed by atoms with Gasteiger partial charge in [0.05, 0.1) is 0 Å². The van der Waals surface area contributed by atoms with Gasteiger partial charge in [0.25, 0.3) is 5.91 Å². The standard InChI is InChI=1S/C18H23N3O4/c1-21-11-14(16(22)18(21)24)17(23)20-10-12-7-8-15(19-9-12)25-13-5-3-2-4-6-13/h7-9,13-14H,2-6,10-11H2,1H3,(H,20,23). The van der Waals surface area contributed by atoms with Crippen LogP contribution in [0.15, 0.2) is 18.3 Å². The number of amides is 2. The van der Waals surface area contributed by atoms with Gasteiger partial charge in [-0.15, -0.1) is 0 Å². The van der Waals surface area contributed by atoms with Crippen LogP contribution in [0.2, 0.25) is 0 Å². The summed E-state index contributed by atoms with van der Waals surface area (Å²) in [4.78, 5) is 40.8. The van der Waals surface area contributed by atoms with Gasteiger partial charge in [0.2, 0.25) is 17.6 Å². The molecular weight excluding hydrogens is 322 g/mol.